The topological polar surface area (TPSA) is 29.3 Å². The Morgan fingerprint density at radius 3 is 2.74 bits per heavy atom. The van der Waals surface area contributed by atoms with E-state index in [1.165, 1.54) is 11.3 Å². The number of aromatic nitrogens is 1. The first kappa shape index (κ1) is 12.0. The predicted molar refractivity (Wildman–Crippen MR) is 78.9 cm³/mol. The maximum atomic E-state index is 4.52. The number of hydrogen-bond donors (Lipinski definition) is 1. The first-order chi connectivity index (χ1) is 9.34. The second-order valence-corrected chi connectivity index (χ2v) is 5.02. The van der Waals surface area contributed by atoms with E-state index < -0.39 is 0 Å². The number of amidine groups is 1. The van der Waals surface area contributed by atoms with Crippen LogP contribution in [0, 0.1) is 5.92 Å². The molecule has 0 fully saturated rings. The molecule has 0 aliphatic carbocycles. The van der Waals surface area contributed by atoms with Crippen LogP contribution in [0.25, 0.3) is 5.69 Å². The fourth-order valence-corrected chi connectivity index (χ4v) is 2.60. The molecular weight excluding hydrogens is 234 g/mol. The van der Waals surface area contributed by atoms with E-state index in [-0.39, 0.29) is 0 Å². The number of benzene rings is 1. The molecule has 1 N–H and O–H groups in total. The van der Waals surface area contributed by atoms with Gasteiger partial charge in [-0.05, 0) is 30.2 Å². The molecular formula is C16H19N3. The van der Waals surface area contributed by atoms with Gasteiger partial charge in [0.05, 0.1) is 12.4 Å². The van der Waals surface area contributed by atoms with E-state index in [0.717, 1.165) is 25.3 Å². The largest absolute Gasteiger partial charge is 0.372 e. The summed E-state index contributed by atoms with van der Waals surface area (Å²) in [7, 11) is 0. The highest BCUT2D eigenvalue weighted by Crippen LogP contribution is 2.19. The van der Waals surface area contributed by atoms with Crippen molar-refractivity contribution in [1.82, 2.24) is 9.88 Å². The van der Waals surface area contributed by atoms with Crippen molar-refractivity contribution in [2.75, 3.05) is 13.1 Å². The van der Waals surface area contributed by atoms with Gasteiger partial charge in [-0.2, -0.15) is 0 Å². The first-order valence-electron chi connectivity index (χ1n) is 6.84. The molecule has 1 atom stereocenters. The third-order valence-corrected chi connectivity index (χ3v) is 3.57. The third kappa shape index (κ3) is 2.55. The molecule has 1 aliphatic rings. The van der Waals surface area contributed by atoms with Crippen molar-refractivity contribution in [3.8, 4) is 5.69 Å². The van der Waals surface area contributed by atoms with Crippen molar-refractivity contribution in [2.45, 2.75) is 13.3 Å². The van der Waals surface area contributed by atoms with Gasteiger partial charge in [-0.25, -0.2) is 0 Å². The quantitative estimate of drug-likeness (QED) is 0.892. The molecule has 1 aliphatic heterocycles. The number of rotatable bonds is 4. The maximum Gasteiger partial charge on any atom is 0.0996 e. The molecule has 1 aromatic heterocycles. The van der Waals surface area contributed by atoms with E-state index in [1.807, 2.05) is 0 Å². The average Bonchev–Trinajstić information content (AvgIpc) is 3.13. The Morgan fingerprint density at radius 1 is 1.21 bits per heavy atom. The molecule has 0 saturated carbocycles. The molecule has 19 heavy (non-hydrogen) atoms. The molecule has 2 heterocycles. The van der Waals surface area contributed by atoms with Crippen molar-refractivity contribution in [1.29, 1.82) is 0 Å². The SMILES string of the molecule is C[C@@H](Cc1ccccc1-n1cccc1)C1=NCCN1. The summed E-state index contributed by atoms with van der Waals surface area (Å²) < 4.78 is 2.17. The van der Waals surface area contributed by atoms with E-state index in [0.29, 0.717) is 5.92 Å². The van der Waals surface area contributed by atoms with E-state index in [4.69, 9.17) is 0 Å². The van der Waals surface area contributed by atoms with Crippen LogP contribution in [0.3, 0.4) is 0 Å². The fourth-order valence-electron chi connectivity index (χ4n) is 2.60. The standard InChI is InChI=1S/C16H19N3/c1-13(16-17-8-9-18-16)12-14-6-2-3-7-15(14)19-10-4-5-11-19/h2-7,10-11,13H,8-9,12H2,1H3,(H,17,18)/t13-/m0/s1. The van der Waals surface area contributed by atoms with Crippen molar-refractivity contribution < 1.29 is 0 Å². The van der Waals surface area contributed by atoms with Crippen molar-refractivity contribution in [2.24, 2.45) is 10.9 Å². The van der Waals surface area contributed by atoms with Gasteiger partial charge in [0.1, 0.15) is 0 Å². The molecule has 3 nitrogen and oxygen atoms in total. The zero-order valence-corrected chi connectivity index (χ0v) is 11.2. The summed E-state index contributed by atoms with van der Waals surface area (Å²) in [5, 5.41) is 3.37. The molecule has 0 radical (unpaired) electrons. The summed E-state index contributed by atoms with van der Waals surface area (Å²) in [6.07, 6.45) is 5.20. The molecule has 0 amide bonds. The summed E-state index contributed by atoms with van der Waals surface area (Å²) in [5.41, 5.74) is 2.63. The number of nitrogens with zero attached hydrogens (tertiary/aromatic N) is 2. The van der Waals surface area contributed by atoms with Crippen LogP contribution >= 0.6 is 0 Å². The number of aliphatic imine (C=N–C) groups is 1. The molecule has 0 saturated heterocycles. The van der Waals surface area contributed by atoms with E-state index in [1.54, 1.807) is 0 Å². The van der Waals surface area contributed by atoms with Crippen LogP contribution in [0.1, 0.15) is 12.5 Å². The minimum atomic E-state index is 0.444. The first-order valence-corrected chi connectivity index (χ1v) is 6.84. The lowest BCUT2D eigenvalue weighted by molar-refractivity contribution is 0.738. The lowest BCUT2D eigenvalue weighted by atomic mass is 9.98. The van der Waals surface area contributed by atoms with E-state index in [2.05, 4.69) is 70.6 Å². The van der Waals surface area contributed by atoms with Crippen molar-refractivity contribution in [3.63, 3.8) is 0 Å². The summed E-state index contributed by atoms with van der Waals surface area (Å²) in [6.45, 7) is 4.14. The van der Waals surface area contributed by atoms with Gasteiger partial charge in [-0.3, -0.25) is 4.99 Å². The number of para-hydroxylation sites is 1. The highest BCUT2D eigenvalue weighted by molar-refractivity contribution is 5.85. The molecule has 3 rings (SSSR count). The lowest BCUT2D eigenvalue weighted by Crippen LogP contribution is -2.26. The van der Waals surface area contributed by atoms with Crippen LogP contribution in [0.15, 0.2) is 53.8 Å². The van der Waals surface area contributed by atoms with E-state index >= 15 is 0 Å². The molecule has 2 aromatic rings. The smallest absolute Gasteiger partial charge is 0.0996 e. The van der Waals surface area contributed by atoms with Crippen molar-refractivity contribution >= 4 is 5.84 Å². The maximum absolute atomic E-state index is 4.52. The molecule has 98 valence electrons. The number of nitrogens with one attached hydrogen (secondary N) is 1. The lowest BCUT2D eigenvalue weighted by Gasteiger charge is -2.16. The van der Waals surface area contributed by atoms with Crippen LogP contribution in [0.4, 0.5) is 0 Å². The van der Waals surface area contributed by atoms with E-state index in [9.17, 15) is 0 Å². The van der Waals surface area contributed by atoms with Gasteiger partial charge in [0, 0.05) is 30.5 Å². The minimum absolute atomic E-state index is 0.444. The summed E-state index contributed by atoms with van der Waals surface area (Å²) in [6, 6.07) is 12.7. The molecule has 0 bridgehead atoms. The summed E-state index contributed by atoms with van der Waals surface area (Å²) >= 11 is 0. The van der Waals surface area contributed by atoms with Crippen molar-refractivity contribution in [3.05, 3.63) is 54.4 Å². The molecule has 3 heteroatoms. The van der Waals surface area contributed by atoms with Crippen LogP contribution in [-0.2, 0) is 6.42 Å². The van der Waals surface area contributed by atoms with Gasteiger partial charge in [0.2, 0.25) is 0 Å². The second kappa shape index (κ2) is 5.31. The predicted octanol–water partition coefficient (Wildman–Crippen LogP) is 2.66. The van der Waals surface area contributed by atoms with Crippen LogP contribution in [0.5, 0.6) is 0 Å². The Kier molecular flexibility index (Phi) is 3.36. The minimum Gasteiger partial charge on any atom is -0.372 e. The zero-order chi connectivity index (χ0) is 13.1. The Morgan fingerprint density at radius 2 is 2.00 bits per heavy atom. The van der Waals surface area contributed by atoms with Crippen LogP contribution in [0.2, 0.25) is 0 Å². The van der Waals surface area contributed by atoms with Gasteiger partial charge in [0.15, 0.2) is 0 Å². The molecule has 1 aromatic carbocycles. The zero-order valence-electron chi connectivity index (χ0n) is 11.2. The fraction of sp³-hybridized carbons (Fsp3) is 0.312. The van der Waals surface area contributed by atoms with Gasteiger partial charge in [-0.15, -0.1) is 0 Å². The average molecular weight is 253 g/mol. The monoisotopic (exact) mass is 253 g/mol. The highest BCUT2D eigenvalue weighted by atomic mass is 15.1. The third-order valence-electron chi connectivity index (χ3n) is 3.57. The van der Waals surface area contributed by atoms with Gasteiger partial charge in [0.25, 0.3) is 0 Å². The Labute approximate surface area is 114 Å². The van der Waals surface area contributed by atoms with Crippen LogP contribution < -0.4 is 5.32 Å². The Hall–Kier alpha value is -2.03. The van der Waals surface area contributed by atoms with Gasteiger partial charge in [-0.1, -0.05) is 25.1 Å². The molecule has 0 unspecified atom stereocenters. The second-order valence-electron chi connectivity index (χ2n) is 5.02. The normalized spacial score (nSPS) is 15.9. The Bertz CT molecular complexity index is 569. The summed E-state index contributed by atoms with van der Waals surface area (Å²) in [4.78, 5) is 4.52. The van der Waals surface area contributed by atoms with Gasteiger partial charge >= 0.3 is 0 Å². The van der Waals surface area contributed by atoms with Gasteiger partial charge < -0.3 is 9.88 Å². The molecule has 0 spiro atoms. The summed E-state index contributed by atoms with van der Waals surface area (Å²) in [5.74, 6) is 1.60. The highest BCUT2D eigenvalue weighted by Gasteiger charge is 2.16. The van der Waals surface area contributed by atoms with Crippen LogP contribution in [-0.4, -0.2) is 23.5 Å². The Balaban J connectivity index is 1.85. The number of hydrogen-bond acceptors (Lipinski definition) is 2.